The topological polar surface area (TPSA) is 82.0 Å². The number of nitriles is 1. The lowest BCUT2D eigenvalue weighted by Gasteiger charge is -2.32. The fraction of sp³-hybridized carbons (Fsp3) is 0.211. The molecule has 3 rings (SSSR count). The summed E-state index contributed by atoms with van der Waals surface area (Å²) in [5.74, 6) is -0.237. The quantitative estimate of drug-likeness (QED) is 0.889. The number of benzene rings is 2. The summed E-state index contributed by atoms with van der Waals surface area (Å²) in [6.07, 6.45) is 0.410. The van der Waals surface area contributed by atoms with Crippen LogP contribution >= 0.6 is 0 Å². The third-order valence-electron chi connectivity index (χ3n) is 4.16. The first-order valence-electron chi connectivity index (χ1n) is 7.65. The first-order chi connectivity index (χ1) is 11.4. The molecule has 0 unspecified atom stereocenters. The van der Waals surface area contributed by atoms with Gasteiger partial charge in [0.25, 0.3) is 5.91 Å². The molecule has 0 spiro atoms. The summed E-state index contributed by atoms with van der Waals surface area (Å²) in [5.41, 5.74) is 3.17. The van der Waals surface area contributed by atoms with Crippen molar-refractivity contribution in [2.45, 2.75) is 25.7 Å². The third-order valence-corrected chi connectivity index (χ3v) is 4.16. The largest absolute Gasteiger partial charge is 0.326 e. The van der Waals surface area contributed by atoms with Gasteiger partial charge in [0.15, 0.2) is 0 Å². The standard InChI is InChI=1S/C19H17N3O2/c1-19(2)10-17(23)22-16-8-7-14(9-15(16)19)21-18(24)13-5-3-12(11-20)4-6-13/h3-9H,10H2,1-2H3,(H,21,24)(H,22,23). The summed E-state index contributed by atoms with van der Waals surface area (Å²) in [6, 6.07) is 14.0. The Kier molecular flexibility index (Phi) is 3.82. The van der Waals surface area contributed by atoms with Crippen molar-refractivity contribution in [3.8, 4) is 6.07 Å². The molecule has 1 aliphatic heterocycles. The highest BCUT2D eigenvalue weighted by Gasteiger charge is 2.32. The minimum atomic E-state index is -0.285. The number of carbonyl (C=O) groups excluding carboxylic acids is 2. The molecular weight excluding hydrogens is 302 g/mol. The van der Waals surface area contributed by atoms with Crippen LogP contribution in [-0.2, 0) is 10.2 Å². The zero-order valence-electron chi connectivity index (χ0n) is 13.5. The van der Waals surface area contributed by atoms with Crippen molar-refractivity contribution in [1.82, 2.24) is 0 Å². The predicted molar refractivity (Wildman–Crippen MR) is 91.8 cm³/mol. The van der Waals surface area contributed by atoms with Gasteiger partial charge in [0.2, 0.25) is 5.91 Å². The van der Waals surface area contributed by atoms with E-state index in [0.29, 0.717) is 23.2 Å². The maximum atomic E-state index is 12.3. The molecule has 2 N–H and O–H groups in total. The normalized spacial score (nSPS) is 15.0. The van der Waals surface area contributed by atoms with Gasteiger partial charge in [-0.05, 0) is 48.0 Å². The molecule has 120 valence electrons. The van der Waals surface area contributed by atoms with Crippen molar-refractivity contribution >= 4 is 23.2 Å². The Morgan fingerprint density at radius 1 is 1.21 bits per heavy atom. The van der Waals surface area contributed by atoms with Gasteiger partial charge >= 0.3 is 0 Å². The monoisotopic (exact) mass is 319 g/mol. The van der Waals surface area contributed by atoms with Gasteiger partial charge in [-0.15, -0.1) is 0 Å². The van der Waals surface area contributed by atoms with Gasteiger partial charge in [0, 0.05) is 28.8 Å². The molecule has 24 heavy (non-hydrogen) atoms. The fourth-order valence-corrected chi connectivity index (χ4v) is 2.88. The van der Waals surface area contributed by atoms with Gasteiger partial charge in [0.1, 0.15) is 0 Å². The van der Waals surface area contributed by atoms with Crippen LogP contribution in [0.15, 0.2) is 42.5 Å². The van der Waals surface area contributed by atoms with Crippen LogP contribution in [0.1, 0.15) is 41.8 Å². The van der Waals surface area contributed by atoms with E-state index >= 15 is 0 Å². The lowest BCUT2D eigenvalue weighted by Crippen LogP contribution is -2.32. The van der Waals surface area contributed by atoms with Gasteiger partial charge < -0.3 is 10.6 Å². The second-order valence-electron chi connectivity index (χ2n) is 6.51. The maximum absolute atomic E-state index is 12.3. The van der Waals surface area contributed by atoms with Gasteiger partial charge in [-0.3, -0.25) is 9.59 Å². The Labute approximate surface area is 140 Å². The molecule has 5 heteroatoms. The molecule has 0 atom stereocenters. The van der Waals surface area contributed by atoms with Gasteiger partial charge in [-0.2, -0.15) is 5.26 Å². The summed E-state index contributed by atoms with van der Waals surface area (Å²) in [7, 11) is 0. The lowest BCUT2D eigenvalue weighted by molar-refractivity contribution is -0.117. The molecule has 0 saturated carbocycles. The Morgan fingerprint density at radius 2 is 1.92 bits per heavy atom. The minimum absolute atomic E-state index is 0.00173. The maximum Gasteiger partial charge on any atom is 0.255 e. The number of rotatable bonds is 2. The molecule has 2 aromatic rings. The van der Waals surface area contributed by atoms with E-state index in [1.165, 1.54) is 0 Å². The first-order valence-corrected chi connectivity index (χ1v) is 7.65. The van der Waals surface area contributed by atoms with E-state index in [1.807, 2.05) is 32.0 Å². The van der Waals surface area contributed by atoms with Crippen LogP contribution in [0.5, 0.6) is 0 Å². The molecule has 2 amide bonds. The van der Waals surface area contributed by atoms with Crippen LogP contribution in [0.2, 0.25) is 0 Å². The zero-order valence-corrected chi connectivity index (χ0v) is 13.5. The Morgan fingerprint density at radius 3 is 2.58 bits per heavy atom. The van der Waals surface area contributed by atoms with E-state index in [4.69, 9.17) is 5.26 Å². The molecule has 0 bridgehead atoms. The van der Waals surface area contributed by atoms with Crippen molar-refractivity contribution < 1.29 is 9.59 Å². The molecule has 0 aliphatic carbocycles. The van der Waals surface area contributed by atoms with E-state index in [2.05, 4.69) is 10.6 Å². The number of hydrogen-bond donors (Lipinski definition) is 2. The number of amides is 2. The van der Waals surface area contributed by atoms with Crippen molar-refractivity contribution in [2.75, 3.05) is 10.6 Å². The van der Waals surface area contributed by atoms with Crippen LogP contribution < -0.4 is 10.6 Å². The molecule has 0 aromatic heterocycles. The van der Waals surface area contributed by atoms with E-state index in [1.54, 1.807) is 30.3 Å². The van der Waals surface area contributed by atoms with E-state index in [9.17, 15) is 9.59 Å². The van der Waals surface area contributed by atoms with Gasteiger partial charge in [-0.25, -0.2) is 0 Å². The number of nitrogens with zero attached hydrogens (tertiary/aromatic N) is 1. The Balaban J connectivity index is 1.85. The molecule has 0 radical (unpaired) electrons. The molecule has 1 heterocycles. The Hall–Kier alpha value is -3.13. The van der Waals surface area contributed by atoms with Crippen LogP contribution in [0.4, 0.5) is 11.4 Å². The van der Waals surface area contributed by atoms with Crippen molar-refractivity contribution in [3.63, 3.8) is 0 Å². The van der Waals surface area contributed by atoms with Crippen molar-refractivity contribution in [3.05, 3.63) is 59.2 Å². The third kappa shape index (κ3) is 2.99. The highest BCUT2D eigenvalue weighted by atomic mass is 16.2. The van der Waals surface area contributed by atoms with E-state index in [-0.39, 0.29) is 17.2 Å². The molecule has 0 fully saturated rings. The SMILES string of the molecule is CC1(C)CC(=O)Nc2ccc(NC(=O)c3ccc(C#N)cc3)cc21. The molecule has 1 aliphatic rings. The van der Waals surface area contributed by atoms with Crippen LogP contribution in [0.3, 0.4) is 0 Å². The minimum Gasteiger partial charge on any atom is -0.326 e. The van der Waals surface area contributed by atoms with Gasteiger partial charge in [0.05, 0.1) is 11.6 Å². The smallest absolute Gasteiger partial charge is 0.255 e. The number of nitrogens with one attached hydrogen (secondary N) is 2. The molecular formula is C19H17N3O2. The number of hydrogen-bond acceptors (Lipinski definition) is 3. The fourth-order valence-electron chi connectivity index (χ4n) is 2.88. The highest BCUT2D eigenvalue weighted by molar-refractivity contribution is 6.04. The Bertz CT molecular complexity index is 861. The van der Waals surface area contributed by atoms with E-state index in [0.717, 1.165) is 11.3 Å². The highest BCUT2D eigenvalue weighted by Crippen LogP contribution is 2.38. The summed E-state index contributed by atoms with van der Waals surface area (Å²) in [4.78, 5) is 24.1. The molecule has 5 nitrogen and oxygen atoms in total. The van der Waals surface area contributed by atoms with Crippen LogP contribution in [0.25, 0.3) is 0 Å². The summed E-state index contributed by atoms with van der Waals surface area (Å²) in [6.45, 7) is 4.02. The predicted octanol–water partition coefficient (Wildman–Crippen LogP) is 3.43. The van der Waals surface area contributed by atoms with E-state index < -0.39 is 0 Å². The van der Waals surface area contributed by atoms with Crippen LogP contribution in [0, 0.1) is 11.3 Å². The lowest BCUT2D eigenvalue weighted by atomic mass is 9.78. The average molecular weight is 319 g/mol. The van der Waals surface area contributed by atoms with Crippen molar-refractivity contribution in [1.29, 1.82) is 5.26 Å². The summed E-state index contributed by atoms with van der Waals surface area (Å²) >= 11 is 0. The molecule has 2 aromatic carbocycles. The number of carbonyl (C=O) groups is 2. The van der Waals surface area contributed by atoms with Crippen LogP contribution in [-0.4, -0.2) is 11.8 Å². The second kappa shape index (κ2) is 5.82. The summed E-state index contributed by atoms with van der Waals surface area (Å²) < 4.78 is 0. The van der Waals surface area contributed by atoms with Crippen molar-refractivity contribution in [2.24, 2.45) is 0 Å². The molecule has 0 saturated heterocycles. The summed E-state index contributed by atoms with van der Waals surface area (Å²) in [5, 5.41) is 14.5. The zero-order chi connectivity index (χ0) is 17.3. The second-order valence-corrected chi connectivity index (χ2v) is 6.51. The van der Waals surface area contributed by atoms with Gasteiger partial charge in [-0.1, -0.05) is 13.8 Å². The number of fused-ring (bicyclic) bond motifs is 1. The average Bonchev–Trinajstić information content (AvgIpc) is 2.55. The first kappa shape index (κ1) is 15.8. The number of anilines is 2.